The fourth-order valence-electron chi connectivity index (χ4n) is 3.36. The number of aliphatic imine (C=N–C) groups is 1. The minimum absolute atomic E-state index is 0.241. The molecule has 2 aromatic rings. The second-order valence-electron chi connectivity index (χ2n) is 7.00. The molecule has 0 aromatic heterocycles. The molecule has 2 aromatic carbocycles. The van der Waals surface area contributed by atoms with Crippen molar-refractivity contribution in [3.63, 3.8) is 0 Å². The number of fused-ring (bicyclic) bond motifs is 1. The summed E-state index contributed by atoms with van der Waals surface area (Å²) in [6.07, 6.45) is -1.36. The van der Waals surface area contributed by atoms with Crippen molar-refractivity contribution in [1.29, 1.82) is 0 Å². The number of benzene rings is 2. The highest BCUT2D eigenvalue weighted by molar-refractivity contribution is 7.80. The van der Waals surface area contributed by atoms with Crippen LogP contribution in [0.1, 0.15) is 25.0 Å². The fourth-order valence-corrected chi connectivity index (χ4v) is 3.72. The predicted octanol–water partition coefficient (Wildman–Crippen LogP) is 3.34. The van der Waals surface area contributed by atoms with Gasteiger partial charge in [-0.05, 0) is 44.3 Å². The van der Waals surface area contributed by atoms with Gasteiger partial charge in [0.25, 0.3) is 5.91 Å². The molecule has 0 spiro atoms. The van der Waals surface area contributed by atoms with Gasteiger partial charge in [-0.15, -0.1) is 0 Å². The minimum Gasteiger partial charge on any atom is -0.358 e. The number of likely N-dealkylation sites (N-methyl/N-ethyl adjacent to an activating group) is 1. The van der Waals surface area contributed by atoms with E-state index in [2.05, 4.69) is 10.6 Å². The van der Waals surface area contributed by atoms with E-state index in [1.54, 1.807) is 18.0 Å². The summed E-state index contributed by atoms with van der Waals surface area (Å²) >= 11 is 11.7. The Bertz CT molecular complexity index is 980. The summed E-state index contributed by atoms with van der Waals surface area (Å²) in [5, 5.41) is 6.92. The molecule has 2 N–H and O–H groups in total. The van der Waals surface area contributed by atoms with E-state index in [1.165, 1.54) is 0 Å². The summed E-state index contributed by atoms with van der Waals surface area (Å²) < 4.78 is 11.0. The molecule has 0 radical (unpaired) electrons. The summed E-state index contributed by atoms with van der Waals surface area (Å²) in [7, 11) is 1.71. The summed E-state index contributed by atoms with van der Waals surface area (Å²) in [6.45, 7) is 5.17. The first-order valence-electron chi connectivity index (χ1n) is 10.4. The average molecular weight is 475 g/mol. The number of hydrogen-bond donors (Lipinski definition) is 2. The Kier molecular flexibility index (Phi) is 8.58. The second-order valence-corrected chi connectivity index (χ2v) is 7.84. The molecule has 1 aliphatic rings. The van der Waals surface area contributed by atoms with Crippen LogP contribution in [0.2, 0.25) is 5.02 Å². The van der Waals surface area contributed by atoms with Gasteiger partial charge >= 0.3 is 0 Å². The van der Waals surface area contributed by atoms with Crippen LogP contribution in [-0.2, 0) is 14.3 Å². The molecule has 9 heteroatoms. The highest BCUT2D eigenvalue weighted by Crippen LogP contribution is 2.29. The van der Waals surface area contributed by atoms with Crippen LogP contribution in [-0.4, -0.2) is 56.0 Å². The lowest BCUT2D eigenvalue weighted by Gasteiger charge is -2.23. The fraction of sp³-hybridized carbons (Fsp3) is 0.348. The number of hydrogen-bond acceptors (Lipinski definition) is 5. The van der Waals surface area contributed by atoms with E-state index in [1.807, 2.05) is 56.3 Å². The van der Waals surface area contributed by atoms with Crippen LogP contribution in [0.3, 0.4) is 0 Å². The zero-order valence-electron chi connectivity index (χ0n) is 18.3. The van der Waals surface area contributed by atoms with Crippen molar-refractivity contribution < 1.29 is 14.3 Å². The molecule has 170 valence electrons. The number of nitrogens with one attached hydrogen (secondary N) is 2. The Morgan fingerprint density at radius 2 is 1.88 bits per heavy atom. The van der Waals surface area contributed by atoms with E-state index >= 15 is 0 Å². The Labute approximate surface area is 198 Å². The van der Waals surface area contributed by atoms with Gasteiger partial charge in [-0.1, -0.05) is 41.9 Å². The predicted molar refractivity (Wildman–Crippen MR) is 132 cm³/mol. The lowest BCUT2D eigenvalue weighted by molar-refractivity contribution is -0.131. The first-order chi connectivity index (χ1) is 15.4. The number of amides is 1. The van der Waals surface area contributed by atoms with Crippen LogP contribution in [0.25, 0.3) is 0 Å². The number of ether oxygens (including phenoxy) is 2. The Balaban J connectivity index is 1.88. The normalized spacial score (nSPS) is 15.8. The summed E-state index contributed by atoms with van der Waals surface area (Å²) in [5.74, 6) is -0.241. The minimum atomic E-state index is -0.918. The van der Waals surface area contributed by atoms with Crippen LogP contribution >= 0.6 is 23.8 Å². The van der Waals surface area contributed by atoms with Crippen molar-refractivity contribution in [2.45, 2.75) is 26.3 Å². The van der Waals surface area contributed by atoms with Crippen LogP contribution in [0, 0.1) is 0 Å². The number of benzodiazepines with no additional fused rings is 1. The van der Waals surface area contributed by atoms with Gasteiger partial charge in [0, 0.05) is 36.4 Å². The average Bonchev–Trinajstić information content (AvgIpc) is 2.89. The molecule has 7 nitrogen and oxygen atoms in total. The zero-order chi connectivity index (χ0) is 23.1. The molecule has 1 aliphatic heterocycles. The van der Waals surface area contributed by atoms with Crippen LogP contribution in [0.5, 0.6) is 0 Å². The second kappa shape index (κ2) is 11.4. The van der Waals surface area contributed by atoms with Gasteiger partial charge in [-0.25, -0.2) is 4.99 Å². The van der Waals surface area contributed by atoms with E-state index in [4.69, 9.17) is 38.3 Å². The molecule has 0 fully saturated rings. The van der Waals surface area contributed by atoms with Gasteiger partial charge in [0.2, 0.25) is 6.17 Å². The quantitative estimate of drug-likeness (QED) is 0.451. The smallest absolute Gasteiger partial charge is 0.272 e. The number of nitrogens with zero attached hydrogens (tertiary/aromatic N) is 2. The largest absolute Gasteiger partial charge is 0.358 e. The van der Waals surface area contributed by atoms with Crippen molar-refractivity contribution in [1.82, 2.24) is 10.6 Å². The third-order valence-corrected chi connectivity index (χ3v) is 5.34. The third kappa shape index (κ3) is 5.83. The van der Waals surface area contributed by atoms with Crippen LogP contribution < -0.4 is 15.5 Å². The van der Waals surface area contributed by atoms with Crippen molar-refractivity contribution in [3.05, 3.63) is 64.7 Å². The summed E-state index contributed by atoms with van der Waals surface area (Å²) in [6, 6.07) is 15.1. The number of carbonyl (C=O) groups excluding carboxylic acids is 1. The molecule has 1 atom stereocenters. The molecule has 1 unspecified atom stereocenters. The summed E-state index contributed by atoms with van der Waals surface area (Å²) in [5.41, 5.74) is 3.02. The van der Waals surface area contributed by atoms with E-state index < -0.39 is 12.5 Å². The highest BCUT2D eigenvalue weighted by Gasteiger charge is 2.30. The topological polar surface area (TPSA) is 75.2 Å². The summed E-state index contributed by atoms with van der Waals surface area (Å²) in [4.78, 5) is 19.6. The highest BCUT2D eigenvalue weighted by atomic mass is 35.5. The molecule has 3 rings (SSSR count). The first kappa shape index (κ1) is 24.1. The molecular weight excluding hydrogens is 448 g/mol. The lowest BCUT2D eigenvalue weighted by atomic mass is 10.0. The molecule has 1 heterocycles. The Morgan fingerprint density at radius 1 is 1.19 bits per heavy atom. The van der Waals surface area contributed by atoms with Crippen LogP contribution in [0.15, 0.2) is 53.5 Å². The van der Waals surface area contributed by atoms with Gasteiger partial charge in [-0.2, -0.15) is 0 Å². The maximum atomic E-state index is 13.2. The zero-order valence-corrected chi connectivity index (χ0v) is 19.9. The van der Waals surface area contributed by atoms with E-state index in [-0.39, 0.29) is 11.0 Å². The lowest BCUT2D eigenvalue weighted by Crippen LogP contribution is -2.50. The standard InChI is InChI=1S/C23H27ClN4O3S/c1-4-30-19(31-5-2)14-25-23(32)27-21-22(29)28(3)18-12-11-16(24)13-17(18)20(26-21)15-9-7-6-8-10-15/h6-13,19,21H,4-5,14H2,1-3H3,(H2,25,27,32). The number of thiocarbonyl (C=S) groups is 1. The van der Waals surface area contributed by atoms with E-state index in [0.717, 1.165) is 16.8 Å². The number of anilines is 1. The molecule has 0 saturated carbocycles. The van der Waals surface area contributed by atoms with Gasteiger partial charge in [-0.3, -0.25) is 4.79 Å². The van der Waals surface area contributed by atoms with E-state index in [9.17, 15) is 4.79 Å². The molecule has 0 saturated heterocycles. The van der Waals surface area contributed by atoms with Gasteiger partial charge in [0.05, 0.1) is 17.9 Å². The monoisotopic (exact) mass is 474 g/mol. The van der Waals surface area contributed by atoms with Crippen molar-refractivity contribution in [3.8, 4) is 0 Å². The Hall–Kier alpha value is -2.52. The van der Waals surface area contributed by atoms with Crippen LogP contribution in [0.4, 0.5) is 5.69 Å². The van der Waals surface area contributed by atoms with Crippen molar-refractivity contribution in [2.24, 2.45) is 4.99 Å². The maximum absolute atomic E-state index is 13.2. The number of rotatable bonds is 8. The maximum Gasteiger partial charge on any atom is 0.272 e. The molecule has 0 bridgehead atoms. The number of carbonyl (C=O) groups is 1. The SMILES string of the molecule is CCOC(CNC(=S)NC1N=C(c2ccccc2)c2cc(Cl)ccc2N(C)C1=O)OCC. The Morgan fingerprint density at radius 3 is 2.53 bits per heavy atom. The third-order valence-electron chi connectivity index (χ3n) is 4.85. The molecule has 1 amide bonds. The first-order valence-corrected chi connectivity index (χ1v) is 11.2. The molecule has 32 heavy (non-hydrogen) atoms. The van der Waals surface area contributed by atoms with Gasteiger partial charge < -0.3 is 25.0 Å². The van der Waals surface area contributed by atoms with Crippen molar-refractivity contribution in [2.75, 3.05) is 31.7 Å². The van der Waals surface area contributed by atoms with Crippen molar-refractivity contribution >= 4 is 46.2 Å². The molecule has 0 aliphatic carbocycles. The van der Waals surface area contributed by atoms with Gasteiger partial charge in [0.1, 0.15) is 0 Å². The molecular formula is C23H27ClN4O3S. The van der Waals surface area contributed by atoms with E-state index in [0.29, 0.717) is 30.5 Å². The number of halogens is 1. The van der Waals surface area contributed by atoms with Gasteiger partial charge in [0.15, 0.2) is 11.4 Å².